The first-order chi connectivity index (χ1) is 7.68. The molecule has 0 spiro atoms. The lowest BCUT2D eigenvalue weighted by Crippen LogP contribution is -2.39. The number of anilines is 1. The van der Waals surface area contributed by atoms with Crippen LogP contribution >= 0.6 is 0 Å². The van der Waals surface area contributed by atoms with Gasteiger partial charge in [0.15, 0.2) is 0 Å². The molecule has 3 atom stereocenters. The summed E-state index contributed by atoms with van der Waals surface area (Å²) in [6.07, 6.45) is 4.86. The Morgan fingerprint density at radius 3 is 3.19 bits per heavy atom. The molecular weight excluding hydrogens is 202 g/mol. The van der Waals surface area contributed by atoms with Gasteiger partial charge in [0, 0.05) is 12.1 Å². The van der Waals surface area contributed by atoms with Crippen molar-refractivity contribution in [3.05, 3.63) is 24.0 Å². The summed E-state index contributed by atoms with van der Waals surface area (Å²) in [7, 11) is 2.02. The highest BCUT2D eigenvalue weighted by molar-refractivity contribution is 5.82. The summed E-state index contributed by atoms with van der Waals surface area (Å²) in [5.74, 6) is 0.686. The quantitative estimate of drug-likeness (QED) is 0.768. The van der Waals surface area contributed by atoms with Crippen LogP contribution in [0.3, 0.4) is 0 Å². The zero-order valence-electron chi connectivity index (χ0n) is 9.47. The van der Waals surface area contributed by atoms with Crippen molar-refractivity contribution < 1.29 is 4.79 Å². The van der Waals surface area contributed by atoms with Gasteiger partial charge >= 0.3 is 0 Å². The lowest BCUT2D eigenvalue weighted by Gasteiger charge is -2.23. The third-order valence-electron chi connectivity index (χ3n) is 3.82. The van der Waals surface area contributed by atoms with Crippen LogP contribution in [-0.4, -0.2) is 34.9 Å². The fraction of sp³-hybridized carbons (Fsp3) is 0.500. The van der Waals surface area contributed by atoms with Crippen LogP contribution in [0.1, 0.15) is 24.8 Å². The number of rotatable bonds is 1. The van der Waals surface area contributed by atoms with Crippen LogP contribution in [-0.2, 0) is 4.79 Å². The highest BCUT2D eigenvalue weighted by Crippen LogP contribution is 2.44. The molecule has 0 bridgehead atoms. The minimum Gasteiger partial charge on any atom is -0.368 e. The number of carbonyl (C=O) groups is 1. The van der Waals surface area contributed by atoms with Crippen LogP contribution in [0.5, 0.6) is 0 Å². The maximum absolute atomic E-state index is 11.5. The van der Waals surface area contributed by atoms with E-state index in [1.807, 2.05) is 19.4 Å². The number of fused-ring (bicyclic) bond motifs is 3. The third-order valence-corrected chi connectivity index (χ3v) is 3.82. The third kappa shape index (κ3) is 1.19. The predicted molar refractivity (Wildman–Crippen MR) is 61.2 cm³/mol. The summed E-state index contributed by atoms with van der Waals surface area (Å²) in [6, 6.07) is 2.12. The lowest BCUT2D eigenvalue weighted by molar-refractivity contribution is -0.121. The van der Waals surface area contributed by atoms with Crippen molar-refractivity contribution in [2.45, 2.75) is 31.5 Å². The molecule has 0 saturated carbocycles. The Kier molecular flexibility index (Phi) is 2.01. The molecule has 2 aliphatic heterocycles. The monoisotopic (exact) mass is 217 g/mol. The van der Waals surface area contributed by atoms with Crippen LogP contribution in [0.4, 0.5) is 5.69 Å². The largest absolute Gasteiger partial charge is 0.368 e. The van der Waals surface area contributed by atoms with Gasteiger partial charge in [0.1, 0.15) is 5.78 Å². The highest BCUT2D eigenvalue weighted by atomic mass is 16.1. The van der Waals surface area contributed by atoms with Crippen LogP contribution in [0.2, 0.25) is 0 Å². The molecule has 84 valence electrons. The van der Waals surface area contributed by atoms with Crippen LogP contribution in [0, 0.1) is 0 Å². The number of pyridine rings is 1. The van der Waals surface area contributed by atoms with Gasteiger partial charge in [-0.1, -0.05) is 0 Å². The Balaban J connectivity index is 1.96. The van der Waals surface area contributed by atoms with E-state index in [9.17, 15) is 4.79 Å². The van der Waals surface area contributed by atoms with E-state index in [1.54, 1.807) is 6.92 Å². The zero-order chi connectivity index (χ0) is 11.3. The van der Waals surface area contributed by atoms with Crippen LogP contribution < -0.4 is 5.32 Å². The van der Waals surface area contributed by atoms with Crippen molar-refractivity contribution in [1.82, 2.24) is 9.88 Å². The van der Waals surface area contributed by atoms with E-state index in [1.165, 1.54) is 5.56 Å². The van der Waals surface area contributed by atoms with Crippen molar-refractivity contribution >= 4 is 11.5 Å². The van der Waals surface area contributed by atoms with Crippen molar-refractivity contribution in [1.29, 1.82) is 0 Å². The number of Topliss-reactive ketones (excluding diaryl/α,β-unsaturated/α-hetero) is 1. The molecular formula is C12H15N3O. The molecule has 1 aromatic rings. The first-order valence-electron chi connectivity index (χ1n) is 5.61. The topological polar surface area (TPSA) is 45.2 Å². The van der Waals surface area contributed by atoms with Gasteiger partial charge in [0.2, 0.25) is 0 Å². The van der Waals surface area contributed by atoms with Gasteiger partial charge in [-0.25, -0.2) is 0 Å². The molecule has 0 aromatic carbocycles. The molecule has 3 rings (SSSR count). The van der Waals surface area contributed by atoms with E-state index < -0.39 is 0 Å². The average molecular weight is 217 g/mol. The Bertz CT molecular complexity index is 446. The van der Waals surface area contributed by atoms with Crippen molar-refractivity contribution in [3.8, 4) is 0 Å². The smallest absolute Gasteiger partial charge is 0.146 e. The number of nitrogens with one attached hydrogen (secondary N) is 1. The molecule has 4 heteroatoms. The van der Waals surface area contributed by atoms with Gasteiger partial charge < -0.3 is 5.32 Å². The number of likely N-dealkylation sites (N-methyl/N-ethyl adjacent to an activating group) is 1. The maximum Gasteiger partial charge on any atom is 0.146 e. The van der Waals surface area contributed by atoms with Gasteiger partial charge in [-0.15, -0.1) is 0 Å². The van der Waals surface area contributed by atoms with Gasteiger partial charge in [-0.3, -0.25) is 14.7 Å². The number of aromatic nitrogens is 1. The summed E-state index contributed by atoms with van der Waals surface area (Å²) in [4.78, 5) is 17.8. The van der Waals surface area contributed by atoms with E-state index >= 15 is 0 Å². The highest BCUT2D eigenvalue weighted by Gasteiger charge is 2.45. The van der Waals surface area contributed by atoms with E-state index in [4.69, 9.17) is 0 Å². The van der Waals surface area contributed by atoms with Gasteiger partial charge in [0.25, 0.3) is 0 Å². The maximum atomic E-state index is 11.5. The zero-order valence-corrected chi connectivity index (χ0v) is 9.47. The summed E-state index contributed by atoms with van der Waals surface area (Å²) in [5, 5.41) is 3.44. The number of nitrogens with zero attached hydrogens (tertiary/aromatic N) is 2. The second kappa shape index (κ2) is 3.28. The fourth-order valence-electron chi connectivity index (χ4n) is 2.97. The molecule has 0 radical (unpaired) electrons. The molecule has 1 fully saturated rings. The second-order valence-corrected chi connectivity index (χ2v) is 4.69. The Hall–Kier alpha value is -1.42. The Morgan fingerprint density at radius 2 is 2.44 bits per heavy atom. The Labute approximate surface area is 94.7 Å². The minimum absolute atomic E-state index is 0.0591. The van der Waals surface area contributed by atoms with E-state index in [-0.39, 0.29) is 18.0 Å². The normalized spacial score (nSPS) is 32.0. The van der Waals surface area contributed by atoms with Crippen LogP contribution in [0.15, 0.2) is 18.5 Å². The second-order valence-electron chi connectivity index (χ2n) is 4.69. The standard InChI is InChI=1S/C12H15N3O/c1-7(16)11-5-9-8-3-4-13-6-10(8)14-12(9)15(11)2/h3-4,6,9,11-12,14H,5H2,1-2H3. The molecule has 0 amide bonds. The summed E-state index contributed by atoms with van der Waals surface area (Å²) < 4.78 is 0. The van der Waals surface area contributed by atoms with Gasteiger partial charge in [-0.2, -0.15) is 0 Å². The molecule has 1 aromatic heterocycles. The van der Waals surface area contributed by atoms with E-state index in [2.05, 4.69) is 21.3 Å². The lowest BCUT2D eigenvalue weighted by atomic mass is 9.96. The fourth-order valence-corrected chi connectivity index (χ4v) is 2.97. The molecule has 16 heavy (non-hydrogen) atoms. The number of carbonyl (C=O) groups excluding carboxylic acids is 1. The molecule has 2 aliphatic rings. The average Bonchev–Trinajstić information content (AvgIpc) is 2.76. The predicted octanol–water partition coefficient (Wildman–Crippen LogP) is 1.21. The molecule has 1 saturated heterocycles. The first kappa shape index (κ1) is 9.78. The van der Waals surface area contributed by atoms with Crippen molar-refractivity contribution in [3.63, 3.8) is 0 Å². The van der Waals surface area contributed by atoms with Crippen molar-refractivity contribution in [2.75, 3.05) is 12.4 Å². The number of likely N-dealkylation sites (tertiary alicyclic amines) is 1. The van der Waals surface area contributed by atoms with E-state index in [0.29, 0.717) is 5.92 Å². The SMILES string of the molecule is CC(=O)C1CC2c3ccncc3NC2N1C. The molecule has 0 aliphatic carbocycles. The van der Waals surface area contributed by atoms with E-state index in [0.717, 1.165) is 12.1 Å². The van der Waals surface area contributed by atoms with Crippen LogP contribution in [0.25, 0.3) is 0 Å². The minimum atomic E-state index is 0.0591. The van der Waals surface area contributed by atoms with Gasteiger partial charge in [-0.05, 0) is 32.0 Å². The Morgan fingerprint density at radius 1 is 1.62 bits per heavy atom. The summed E-state index contributed by atoms with van der Waals surface area (Å²) in [6.45, 7) is 1.68. The molecule has 1 N–H and O–H groups in total. The number of ketones is 1. The molecule has 3 heterocycles. The number of hydrogen-bond acceptors (Lipinski definition) is 4. The molecule has 3 unspecified atom stereocenters. The molecule has 4 nitrogen and oxygen atoms in total. The first-order valence-corrected chi connectivity index (χ1v) is 5.61. The summed E-state index contributed by atoms with van der Waals surface area (Å²) >= 11 is 0. The van der Waals surface area contributed by atoms with Gasteiger partial charge in [0.05, 0.1) is 24.1 Å². The summed E-state index contributed by atoms with van der Waals surface area (Å²) in [5.41, 5.74) is 2.42. The van der Waals surface area contributed by atoms with Crippen molar-refractivity contribution in [2.24, 2.45) is 0 Å². The number of hydrogen-bond donors (Lipinski definition) is 1.